The third-order valence-electron chi connectivity index (χ3n) is 4.76. The topological polar surface area (TPSA) is 57.0 Å². The summed E-state index contributed by atoms with van der Waals surface area (Å²) in [5.41, 5.74) is 1.74. The van der Waals surface area contributed by atoms with Crippen LogP contribution < -0.4 is 10.3 Å². The maximum absolute atomic E-state index is 12.7. The number of hydrogen-bond acceptors (Lipinski definition) is 4. The molecule has 1 fully saturated rings. The van der Waals surface area contributed by atoms with Crippen molar-refractivity contribution >= 4 is 11.6 Å². The van der Waals surface area contributed by atoms with E-state index in [1.54, 1.807) is 24.5 Å². The number of aromatic nitrogens is 3. The molecule has 1 unspecified atom stereocenters. The van der Waals surface area contributed by atoms with Crippen LogP contribution in [0.5, 0.6) is 5.75 Å². The zero-order chi connectivity index (χ0) is 20.2. The van der Waals surface area contributed by atoms with E-state index in [-0.39, 0.29) is 18.2 Å². The molecule has 1 aliphatic carbocycles. The van der Waals surface area contributed by atoms with Crippen molar-refractivity contribution in [3.63, 3.8) is 0 Å². The Hall–Kier alpha value is -3.10. The largest absolute Gasteiger partial charge is 0.485 e. The molecule has 3 aromatic rings. The van der Waals surface area contributed by atoms with Gasteiger partial charge in [-0.15, -0.1) is 0 Å². The van der Waals surface area contributed by atoms with Crippen LogP contribution >= 0.6 is 11.6 Å². The molecule has 5 nitrogen and oxygen atoms in total. The Morgan fingerprint density at radius 2 is 1.93 bits per heavy atom. The van der Waals surface area contributed by atoms with Crippen LogP contribution in [0.2, 0.25) is 5.15 Å². The summed E-state index contributed by atoms with van der Waals surface area (Å²) in [7, 11) is 0. The highest BCUT2D eigenvalue weighted by Gasteiger charge is 2.18. The van der Waals surface area contributed by atoms with Crippen molar-refractivity contribution in [3.05, 3.63) is 87.3 Å². The maximum atomic E-state index is 12.7. The van der Waals surface area contributed by atoms with E-state index in [4.69, 9.17) is 16.3 Å². The molecule has 0 bridgehead atoms. The Kier molecular flexibility index (Phi) is 5.64. The normalized spacial score (nSPS) is 14.0. The Labute approximate surface area is 174 Å². The number of pyridine rings is 1. The molecule has 4 rings (SSSR count). The molecule has 0 saturated heterocycles. The first-order valence-corrected chi connectivity index (χ1v) is 9.90. The molecule has 2 heterocycles. The predicted molar refractivity (Wildman–Crippen MR) is 112 cm³/mol. The van der Waals surface area contributed by atoms with Crippen LogP contribution in [0.3, 0.4) is 0 Å². The van der Waals surface area contributed by atoms with Crippen LogP contribution in [0.25, 0.3) is 0 Å². The molecular formula is C23H20ClN3O2. The van der Waals surface area contributed by atoms with Gasteiger partial charge < -0.3 is 4.74 Å². The second-order valence-corrected chi connectivity index (χ2v) is 7.40. The van der Waals surface area contributed by atoms with Gasteiger partial charge in [-0.2, -0.15) is 0 Å². The van der Waals surface area contributed by atoms with Gasteiger partial charge in [0, 0.05) is 36.0 Å². The Morgan fingerprint density at radius 1 is 1.21 bits per heavy atom. The molecule has 1 saturated carbocycles. The van der Waals surface area contributed by atoms with Crippen LogP contribution in [-0.4, -0.2) is 14.5 Å². The quantitative estimate of drug-likeness (QED) is 0.470. The van der Waals surface area contributed by atoms with Crippen molar-refractivity contribution in [1.29, 1.82) is 0 Å². The fourth-order valence-electron chi connectivity index (χ4n) is 2.94. The van der Waals surface area contributed by atoms with Gasteiger partial charge in [0.15, 0.2) is 5.82 Å². The average Bonchev–Trinajstić information content (AvgIpc) is 3.56. The number of hydrogen-bond donors (Lipinski definition) is 0. The van der Waals surface area contributed by atoms with Gasteiger partial charge in [-0.3, -0.25) is 9.36 Å². The number of nitrogens with zero attached hydrogens (tertiary/aromatic N) is 3. The van der Waals surface area contributed by atoms with Gasteiger partial charge in [0.1, 0.15) is 17.5 Å². The van der Waals surface area contributed by atoms with Gasteiger partial charge in [-0.1, -0.05) is 35.6 Å². The molecule has 146 valence electrons. The van der Waals surface area contributed by atoms with Crippen molar-refractivity contribution in [2.24, 2.45) is 5.92 Å². The molecule has 1 atom stereocenters. The summed E-state index contributed by atoms with van der Waals surface area (Å²) < 4.78 is 7.16. The lowest BCUT2D eigenvalue weighted by atomic mass is 10.1. The van der Waals surface area contributed by atoms with Crippen molar-refractivity contribution in [1.82, 2.24) is 14.5 Å². The molecule has 0 radical (unpaired) electrons. The lowest BCUT2D eigenvalue weighted by Gasteiger charge is -2.18. The summed E-state index contributed by atoms with van der Waals surface area (Å²) in [6.45, 7) is 2.11. The third-order valence-corrected chi connectivity index (χ3v) is 5.05. The summed E-state index contributed by atoms with van der Waals surface area (Å²) in [4.78, 5) is 20.9. The summed E-state index contributed by atoms with van der Waals surface area (Å²) >= 11 is 6.41. The summed E-state index contributed by atoms with van der Waals surface area (Å²) in [6, 6.07) is 12.5. The molecular weight excluding hydrogens is 386 g/mol. The average molecular weight is 406 g/mol. The van der Waals surface area contributed by atoms with Crippen LogP contribution in [0.4, 0.5) is 0 Å². The zero-order valence-electron chi connectivity index (χ0n) is 16.0. The molecule has 1 aliphatic rings. The third kappa shape index (κ3) is 4.85. The van der Waals surface area contributed by atoms with Crippen LogP contribution in [0.15, 0.2) is 59.7 Å². The van der Waals surface area contributed by atoms with E-state index in [0.717, 1.165) is 11.1 Å². The predicted octanol–water partition coefficient (Wildman–Crippen LogP) is 4.24. The van der Waals surface area contributed by atoms with E-state index in [1.807, 2.05) is 31.2 Å². The molecule has 0 N–H and O–H groups in total. The first-order valence-electron chi connectivity index (χ1n) is 9.52. The fraction of sp³-hybridized carbons (Fsp3) is 0.261. The standard InChI is InChI=1S/C23H20ClN3O2/c1-16(19-9-7-18(8-10-19)6-5-17-3-4-17)27-21(24)13-20(14-23(27)28)29-15-22-25-11-2-12-26-22/h2,7-14,16-17H,3-4,15H2,1H3. The van der Waals surface area contributed by atoms with E-state index in [1.165, 1.54) is 23.5 Å². The Morgan fingerprint density at radius 3 is 2.59 bits per heavy atom. The highest BCUT2D eigenvalue weighted by molar-refractivity contribution is 6.29. The van der Waals surface area contributed by atoms with Crippen LogP contribution in [0.1, 0.15) is 42.8 Å². The minimum absolute atomic E-state index is 0.166. The Bertz CT molecular complexity index is 1110. The number of benzene rings is 1. The lowest BCUT2D eigenvalue weighted by Crippen LogP contribution is -2.24. The van der Waals surface area contributed by atoms with Gasteiger partial charge in [0.2, 0.25) is 0 Å². The molecule has 1 aromatic carbocycles. The van der Waals surface area contributed by atoms with Gasteiger partial charge >= 0.3 is 0 Å². The summed E-state index contributed by atoms with van der Waals surface area (Å²) in [5.74, 6) is 7.94. The second-order valence-electron chi connectivity index (χ2n) is 7.02. The first-order chi connectivity index (χ1) is 14.1. The van der Waals surface area contributed by atoms with Gasteiger partial charge in [-0.25, -0.2) is 9.97 Å². The highest BCUT2D eigenvalue weighted by Crippen LogP contribution is 2.28. The van der Waals surface area contributed by atoms with Crippen LogP contribution in [-0.2, 0) is 6.61 Å². The number of halogens is 1. The minimum Gasteiger partial charge on any atom is -0.485 e. The van der Waals surface area contributed by atoms with Crippen molar-refractivity contribution in [2.75, 3.05) is 0 Å². The van der Waals surface area contributed by atoms with E-state index < -0.39 is 0 Å². The molecule has 29 heavy (non-hydrogen) atoms. The molecule has 2 aromatic heterocycles. The SMILES string of the molecule is CC(c1ccc(C#CC2CC2)cc1)n1c(Cl)cc(OCc2ncccn2)cc1=O. The van der Waals surface area contributed by atoms with Crippen molar-refractivity contribution < 1.29 is 4.74 Å². The molecule has 0 aliphatic heterocycles. The van der Waals surface area contributed by atoms with Gasteiger partial charge in [0.25, 0.3) is 5.56 Å². The van der Waals surface area contributed by atoms with Crippen molar-refractivity contribution in [2.45, 2.75) is 32.4 Å². The molecule has 0 amide bonds. The number of rotatable bonds is 5. The first kappa shape index (κ1) is 19.2. The summed E-state index contributed by atoms with van der Waals surface area (Å²) in [6.07, 6.45) is 5.70. The van der Waals surface area contributed by atoms with Crippen LogP contribution in [0, 0.1) is 17.8 Å². The highest BCUT2D eigenvalue weighted by atomic mass is 35.5. The minimum atomic E-state index is -0.230. The molecule has 6 heteroatoms. The van der Waals surface area contributed by atoms with E-state index in [0.29, 0.717) is 22.6 Å². The monoisotopic (exact) mass is 405 g/mol. The Balaban J connectivity index is 1.50. The summed E-state index contributed by atoms with van der Waals surface area (Å²) in [5, 5.41) is 0.312. The lowest BCUT2D eigenvalue weighted by molar-refractivity contribution is 0.294. The number of ether oxygens (including phenoxy) is 1. The second kappa shape index (κ2) is 8.50. The zero-order valence-corrected chi connectivity index (χ0v) is 16.8. The van der Waals surface area contributed by atoms with E-state index in [2.05, 4.69) is 21.8 Å². The van der Waals surface area contributed by atoms with Gasteiger partial charge in [-0.05, 0) is 43.5 Å². The van der Waals surface area contributed by atoms with Crippen molar-refractivity contribution in [3.8, 4) is 17.6 Å². The van der Waals surface area contributed by atoms with Gasteiger partial charge in [0.05, 0.1) is 6.04 Å². The van der Waals surface area contributed by atoms with E-state index in [9.17, 15) is 4.79 Å². The fourth-order valence-corrected chi connectivity index (χ4v) is 3.28. The maximum Gasteiger partial charge on any atom is 0.255 e. The molecule has 0 spiro atoms. The smallest absolute Gasteiger partial charge is 0.255 e. The van der Waals surface area contributed by atoms with E-state index >= 15 is 0 Å².